The van der Waals surface area contributed by atoms with Gasteiger partial charge < -0.3 is 9.47 Å². The summed E-state index contributed by atoms with van der Waals surface area (Å²) in [6.07, 6.45) is 15.0. The molecule has 21 heavy (non-hydrogen) atoms. The molecule has 1 fully saturated rings. The highest BCUT2D eigenvalue weighted by Gasteiger charge is 2.40. The van der Waals surface area contributed by atoms with E-state index in [4.69, 9.17) is 21.1 Å². The molecule has 0 spiro atoms. The second kappa shape index (κ2) is 10.9. The maximum Gasteiger partial charge on any atom is 0.163 e. The van der Waals surface area contributed by atoms with Crippen LogP contribution in [0.4, 0.5) is 0 Å². The zero-order valence-electron chi connectivity index (χ0n) is 14.3. The molecule has 1 heterocycles. The molecular formula is C18H35ClO2. The van der Waals surface area contributed by atoms with Gasteiger partial charge in [-0.2, -0.15) is 0 Å². The number of hydrogen-bond acceptors (Lipinski definition) is 2. The smallest absolute Gasteiger partial charge is 0.163 e. The van der Waals surface area contributed by atoms with Gasteiger partial charge in [0.2, 0.25) is 0 Å². The van der Waals surface area contributed by atoms with Gasteiger partial charge in [0.05, 0.1) is 12.0 Å². The molecule has 0 aromatic rings. The van der Waals surface area contributed by atoms with Gasteiger partial charge in [0.25, 0.3) is 0 Å². The summed E-state index contributed by atoms with van der Waals surface area (Å²) in [5.74, 6) is 0.0779. The first-order valence-electron chi connectivity index (χ1n) is 9.00. The van der Waals surface area contributed by atoms with Crippen LogP contribution in [0.2, 0.25) is 0 Å². The number of unbranched alkanes of at least 4 members (excludes halogenated alkanes) is 9. The van der Waals surface area contributed by atoms with Gasteiger partial charge in [-0.15, -0.1) is 11.6 Å². The summed E-state index contributed by atoms with van der Waals surface area (Å²) in [7, 11) is 0. The Hall–Kier alpha value is 0.210. The van der Waals surface area contributed by atoms with Crippen LogP contribution in [-0.4, -0.2) is 23.9 Å². The molecule has 0 aliphatic carbocycles. The zero-order valence-corrected chi connectivity index (χ0v) is 15.1. The summed E-state index contributed by atoms with van der Waals surface area (Å²) < 4.78 is 11.7. The highest BCUT2D eigenvalue weighted by Crippen LogP contribution is 2.31. The largest absolute Gasteiger partial charge is 0.345 e. The first-order valence-corrected chi connectivity index (χ1v) is 9.54. The number of alkyl halides is 1. The quantitative estimate of drug-likeness (QED) is 0.322. The summed E-state index contributed by atoms with van der Waals surface area (Å²) in [5, 5.41) is 0. The van der Waals surface area contributed by atoms with Crippen molar-refractivity contribution in [3.63, 3.8) is 0 Å². The van der Waals surface area contributed by atoms with E-state index >= 15 is 0 Å². The van der Waals surface area contributed by atoms with Gasteiger partial charge in [0.15, 0.2) is 5.79 Å². The van der Waals surface area contributed by atoms with Crippen molar-refractivity contribution in [1.29, 1.82) is 0 Å². The first-order chi connectivity index (χ1) is 10.1. The Kier molecular flexibility index (Phi) is 9.96. The fourth-order valence-corrected chi connectivity index (χ4v) is 3.38. The molecule has 2 atom stereocenters. The SMILES string of the molecule is CCCCCCCCCCCC[C@@H]1OC(C)(C)O[C@H]1CCl. The Morgan fingerprint density at radius 2 is 1.24 bits per heavy atom. The maximum atomic E-state index is 5.96. The lowest BCUT2D eigenvalue weighted by molar-refractivity contribution is -0.145. The van der Waals surface area contributed by atoms with Crippen LogP contribution < -0.4 is 0 Å². The van der Waals surface area contributed by atoms with Crippen LogP contribution in [0.25, 0.3) is 0 Å². The van der Waals surface area contributed by atoms with Gasteiger partial charge in [-0.1, -0.05) is 71.1 Å². The van der Waals surface area contributed by atoms with E-state index < -0.39 is 5.79 Å². The molecule has 1 saturated heterocycles. The molecule has 0 unspecified atom stereocenters. The molecule has 126 valence electrons. The first kappa shape index (κ1) is 19.3. The third-order valence-corrected chi connectivity index (χ3v) is 4.58. The maximum absolute atomic E-state index is 5.96. The summed E-state index contributed by atoms with van der Waals surface area (Å²) in [6.45, 7) is 6.23. The topological polar surface area (TPSA) is 18.5 Å². The molecule has 1 aliphatic rings. The molecule has 2 nitrogen and oxygen atoms in total. The number of hydrogen-bond donors (Lipinski definition) is 0. The highest BCUT2D eigenvalue weighted by molar-refractivity contribution is 6.18. The third-order valence-electron chi connectivity index (χ3n) is 4.28. The van der Waals surface area contributed by atoms with Crippen molar-refractivity contribution in [3.8, 4) is 0 Å². The van der Waals surface area contributed by atoms with Gasteiger partial charge in [-0.05, 0) is 20.3 Å². The molecular weight excluding hydrogens is 284 g/mol. The van der Waals surface area contributed by atoms with E-state index in [0.29, 0.717) is 5.88 Å². The Bertz CT molecular complexity index is 256. The van der Waals surface area contributed by atoms with Crippen molar-refractivity contribution in [3.05, 3.63) is 0 Å². The summed E-state index contributed by atoms with van der Waals surface area (Å²) in [5.41, 5.74) is 0. The van der Waals surface area contributed by atoms with E-state index in [9.17, 15) is 0 Å². The van der Waals surface area contributed by atoms with Crippen molar-refractivity contribution in [2.45, 2.75) is 109 Å². The summed E-state index contributed by atoms with van der Waals surface area (Å²) in [4.78, 5) is 0. The van der Waals surface area contributed by atoms with Crippen LogP contribution in [0.3, 0.4) is 0 Å². The van der Waals surface area contributed by atoms with Gasteiger partial charge in [0, 0.05) is 0 Å². The Morgan fingerprint density at radius 1 is 0.762 bits per heavy atom. The fourth-order valence-electron chi connectivity index (χ4n) is 3.12. The molecule has 0 radical (unpaired) electrons. The normalized spacial score (nSPS) is 24.6. The minimum Gasteiger partial charge on any atom is -0.345 e. The Morgan fingerprint density at radius 3 is 1.76 bits per heavy atom. The monoisotopic (exact) mass is 318 g/mol. The molecule has 0 N–H and O–H groups in total. The minimum absolute atomic E-state index is 0.0697. The van der Waals surface area contributed by atoms with Crippen molar-refractivity contribution >= 4 is 11.6 Å². The van der Waals surface area contributed by atoms with E-state index in [1.165, 1.54) is 64.2 Å². The van der Waals surface area contributed by atoms with Crippen molar-refractivity contribution in [2.24, 2.45) is 0 Å². The second-order valence-electron chi connectivity index (χ2n) is 6.84. The third kappa shape index (κ3) is 8.42. The Balaban J connectivity index is 1.94. The predicted molar refractivity (Wildman–Crippen MR) is 91.0 cm³/mol. The van der Waals surface area contributed by atoms with Crippen LogP contribution in [0.15, 0.2) is 0 Å². The highest BCUT2D eigenvalue weighted by atomic mass is 35.5. The van der Waals surface area contributed by atoms with Crippen LogP contribution in [0, 0.1) is 0 Å². The van der Waals surface area contributed by atoms with Crippen LogP contribution >= 0.6 is 11.6 Å². The molecule has 0 bridgehead atoms. The minimum atomic E-state index is -0.456. The van der Waals surface area contributed by atoms with Gasteiger partial charge >= 0.3 is 0 Å². The van der Waals surface area contributed by atoms with Crippen LogP contribution in [0.5, 0.6) is 0 Å². The van der Waals surface area contributed by atoms with Crippen molar-refractivity contribution < 1.29 is 9.47 Å². The van der Waals surface area contributed by atoms with Gasteiger partial charge in [-0.25, -0.2) is 0 Å². The molecule has 0 amide bonds. The zero-order chi connectivity index (χ0) is 15.6. The molecule has 0 aromatic carbocycles. The van der Waals surface area contributed by atoms with Crippen molar-refractivity contribution in [2.75, 3.05) is 5.88 Å². The van der Waals surface area contributed by atoms with E-state index in [2.05, 4.69) is 6.92 Å². The molecule has 1 rings (SSSR count). The average molecular weight is 319 g/mol. The molecule has 1 aliphatic heterocycles. The van der Waals surface area contributed by atoms with Crippen LogP contribution in [0.1, 0.15) is 91.4 Å². The molecule has 0 aromatic heterocycles. The van der Waals surface area contributed by atoms with E-state index in [0.717, 1.165) is 6.42 Å². The van der Waals surface area contributed by atoms with Gasteiger partial charge in [-0.3, -0.25) is 0 Å². The number of rotatable bonds is 12. The fraction of sp³-hybridized carbons (Fsp3) is 1.00. The van der Waals surface area contributed by atoms with Crippen molar-refractivity contribution in [1.82, 2.24) is 0 Å². The lowest BCUT2D eigenvalue weighted by atomic mass is 10.0. The number of halogens is 1. The summed E-state index contributed by atoms with van der Waals surface area (Å²) >= 11 is 5.96. The van der Waals surface area contributed by atoms with E-state index in [1.807, 2.05) is 13.8 Å². The molecule has 0 saturated carbocycles. The summed E-state index contributed by atoms with van der Waals surface area (Å²) in [6, 6.07) is 0. The Labute approximate surface area is 136 Å². The van der Waals surface area contributed by atoms with Gasteiger partial charge in [0.1, 0.15) is 6.10 Å². The lowest BCUT2D eigenvalue weighted by Gasteiger charge is -2.16. The standard InChI is InChI=1S/C18H35ClO2/c1-4-5-6-7-8-9-10-11-12-13-14-16-17(15-19)21-18(2,3)20-16/h16-17H,4-15H2,1-3H3/t16-,17-/m0/s1. The predicted octanol–water partition coefficient (Wildman–Crippen LogP) is 6.06. The average Bonchev–Trinajstić information content (AvgIpc) is 2.75. The lowest BCUT2D eigenvalue weighted by Crippen LogP contribution is -2.23. The second-order valence-corrected chi connectivity index (χ2v) is 7.15. The number of ether oxygens (including phenoxy) is 2. The van der Waals surface area contributed by atoms with E-state index in [-0.39, 0.29) is 12.2 Å². The molecule has 3 heteroatoms. The van der Waals surface area contributed by atoms with E-state index in [1.54, 1.807) is 0 Å². The van der Waals surface area contributed by atoms with Crippen LogP contribution in [-0.2, 0) is 9.47 Å².